The smallest absolute Gasteiger partial charge is 0.243 e. The number of nitrogens with one attached hydrogen (secondary N) is 1. The van der Waals surface area contributed by atoms with E-state index in [-0.39, 0.29) is 0 Å². The molecule has 4 heteroatoms. The summed E-state index contributed by atoms with van der Waals surface area (Å²) in [5, 5.41) is 7.88. The highest BCUT2D eigenvalue weighted by Gasteiger charge is 2.15. The molecular formula is C14H22N4. The monoisotopic (exact) mass is 246 g/mol. The summed E-state index contributed by atoms with van der Waals surface area (Å²) in [6, 6.07) is 4.45. The van der Waals surface area contributed by atoms with Crippen molar-refractivity contribution in [2.45, 2.75) is 46.6 Å². The van der Waals surface area contributed by atoms with Crippen LogP contribution in [-0.2, 0) is 0 Å². The van der Waals surface area contributed by atoms with Crippen molar-refractivity contribution < 1.29 is 0 Å². The van der Waals surface area contributed by atoms with Gasteiger partial charge in [0.25, 0.3) is 0 Å². The van der Waals surface area contributed by atoms with Gasteiger partial charge in [-0.3, -0.25) is 0 Å². The zero-order valence-electron chi connectivity index (χ0n) is 11.6. The van der Waals surface area contributed by atoms with E-state index in [4.69, 9.17) is 0 Å². The average Bonchev–Trinajstić information content (AvgIpc) is 2.74. The quantitative estimate of drug-likeness (QED) is 0.880. The SMILES string of the molecule is CCC(CC)C(C)Nc1nc2c(C)cccn2n1. The number of anilines is 1. The largest absolute Gasteiger partial charge is 0.350 e. The average molecular weight is 246 g/mol. The summed E-state index contributed by atoms with van der Waals surface area (Å²) in [5.74, 6) is 1.39. The second-order valence-corrected chi connectivity index (χ2v) is 4.90. The van der Waals surface area contributed by atoms with Gasteiger partial charge in [-0.05, 0) is 31.4 Å². The highest BCUT2D eigenvalue weighted by atomic mass is 15.3. The molecule has 1 N–H and O–H groups in total. The van der Waals surface area contributed by atoms with E-state index in [9.17, 15) is 0 Å². The third kappa shape index (κ3) is 2.47. The Bertz CT molecular complexity index is 513. The first-order valence-corrected chi connectivity index (χ1v) is 6.74. The van der Waals surface area contributed by atoms with Crippen molar-refractivity contribution >= 4 is 11.6 Å². The predicted molar refractivity (Wildman–Crippen MR) is 74.9 cm³/mol. The highest BCUT2D eigenvalue weighted by Crippen LogP contribution is 2.17. The maximum absolute atomic E-state index is 4.54. The van der Waals surface area contributed by atoms with Gasteiger partial charge >= 0.3 is 0 Å². The van der Waals surface area contributed by atoms with E-state index >= 15 is 0 Å². The summed E-state index contributed by atoms with van der Waals surface area (Å²) < 4.78 is 1.83. The lowest BCUT2D eigenvalue weighted by Gasteiger charge is -2.21. The molecule has 0 fully saturated rings. The number of pyridine rings is 1. The van der Waals surface area contributed by atoms with E-state index < -0.39 is 0 Å². The first kappa shape index (κ1) is 12.9. The molecule has 2 aromatic rings. The van der Waals surface area contributed by atoms with Crippen molar-refractivity contribution in [3.8, 4) is 0 Å². The molecule has 4 nitrogen and oxygen atoms in total. The van der Waals surface area contributed by atoms with Gasteiger partial charge in [0.2, 0.25) is 5.95 Å². The Morgan fingerprint density at radius 3 is 2.67 bits per heavy atom. The van der Waals surface area contributed by atoms with E-state index in [1.807, 2.05) is 16.8 Å². The van der Waals surface area contributed by atoms with Crippen LogP contribution in [0, 0.1) is 12.8 Å². The normalized spacial score (nSPS) is 13.2. The molecule has 0 aliphatic carbocycles. The summed E-state index contributed by atoms with van der Waals surface area (Å²) in [4.78, 5) is 4.54. The number of rotatable bonds is 5. The fraction of sp³-hybridized carbons (Fsp3) is 0.571. The Morgan fingerprint density at radius 1 is 1.33 bits per heavy atom. The van der Waals surface area contributed by atoms with Crippen molar-refractivity contribution in [2.24, 2.45) is 5.92 Å². The molecule has 0 saturated carbocycles. The summed E-state index contributed by atoms with van der Waals surface area (Å²) in [5.41, 5.74) is 2.07. The number of nitrogens with zero attached hydrogens (tertiary/aromatic N) is 3. The molecule has 0 saturated heterocycles. The molecule has 0 radical (unpaired) electrons. The molecule has 2 rings (SSSR count). The molecule has 0 aliphatic heterocycles. The summed E-state index contributed by atoms with van der Waals surface area (Å²) in [7, 11) is 0. The maximum atomic E-state index is 4.54. The van der Waals surface area contributed by atoms with Crippen LogP contribution in [0.4, 0.5) is 5.95 Å². The lowest BCUT2D eigenvalue weighted by molar-refractivity contribution is 0.436. The van der Waals surface area contributed by atoms with Crippen LogP contribution in [0.5, 0.6) is 0 Å². The van der Waals surface area contributed by atoms with E-state index in [0.29, 0.717) is 12.0 Å². The minimum atomic E-state index is 0.401. The minimum Gasteiger partial charge on any atom is -0.350 e. The Morgan fingerprint density at radius 2 is 2.06 bits per heavy atom. The van der Waals surface area contributed by atoms with Crippen LogP contribution < -0.4 is 5.32 Å². The summed E-state index contributed by atoms with van der Waals surface area (Å²) in [6.07, 6.45) is 4.29. The lowest BCUT2D eigenvalue weighted by atomic mass is 9.96. The van der Waals surface area contributed by atoms with Gasteiger partial charge in [-0.25, -0.2) is 4.52 Å². The van der Waals surface area contributed by atoms with Crippen LogP contribution in [-0.4, -0.2) is 20.6 Å². The molecule has 2 aromatic heterocycles. The lowest BCUT2D eigenvalue weighted by Crippen LogP contribution is -2.25. The Labute approximate surface area is 108 Å². The van der Waals surface area contributed by atoms with Crippen LogP contribution in [0.25, 0.3) is 5.65 Å². The number of aryl methyl sites for hydroxylation is 1. The predicted octanol–water partition coefficient (Wildman–Crippen LogP) is 3.27. The zero-order valence-corrected chi connectivity index (χ0v) is 11.6. The number of fused-ring (bicyclic) bond motifs is 1. The number of aromatic nitrogens is 3. The molecule has 0 aromatic carbocycles. The first-order valence-electron chi connectivity index (χ1n) is 6.74. The molecule has 0 amide bonds. The van der Waals surface area contributed by atoms with Crippen LogP contribution in [0.15, 0.2) is 18.3 Å². The van der Waals surface area contributed by atoms with Crippen LogP contribution in [0.2, 0.25) is 0 Å². The van der Waals surface area contributed by atoms with Gasteiger partial charge in [-0.1, -0.05) is 32.8 Å². The topological polar surface area (TPSA) is 42.2 Å². The van der Waals surface area contributed by atoms with E-state index in [1.165, 1.54) is 12.8 Å². The number of hydrogen-bond acceptors (Lipinski definition) is 3. The van der Waals surface area contributed by atoms with Crippen LogP contribution in [0.1, 0.15) is 39.2 Å². The Hall–Kier alpha value is -1.58. The standard InChI is InChI=1S/C14H22N4/c1-5-12(6-2)11(4)15-14-16-13-10(3)8-7-9-18(13)17-14/h7-9,11-12H,5-6H2,1-4H3,(H,15,17). The Kier molecular flexibility index (Phi) is 3.84. The minimum absolute atomic E-state index is 0.401. The molecule has 0 bridgehead atoms. The summed E-state index contributed by atoms with van der Waals surface area (Å²) in [6.45, 7) is 8.72. The molecule has 2 heterocycles. The molecule has 1 unspecified atom stereocenters. The van der Waals surface area contributed by atoms with Crippen molar-refractivity contribution in [3.05, 3.63) is 23.9 Å². The molecule has 0 spiro atoms. The zero-order chi connectivity index (χ0) is 13.1. The van der Waals surface area contributed by atoms with Gasteiger partial charge in [-0.15, -0.1) is 5.10 Å². The molecule has 1 atom stereocenters. The van der Waals surface area contributed by atoms with Gasteiger partial charge in [0.15, 0.2) is 5.65 Å². The van der Waals surface area contributed by atoms with Gasteiger partial charge in [0.05, 0.1) is 0 Å². The highest BCUT2D eigenvalue weighted by molar-refractivity contribution is 5.49. The van der Waals surface area contributed by atoms with Gasteiger partial charge in [0, 0.05) is 12.2 Å². The van der Waals surface area contributed by atoms with Crippen molar-refractivity contribution in [2.75, 3.05) is 5.32 Å². The fourth-order valence-electron chi connectivity index (χ4n) is 2.42. The van der Waals surface area contributed by atoms with Crippen molar-refractivity contribution in [1.29, 1.82) is 0 Å². The van der Waals surface area contributed by atoms with Crippen molar-refractivity contribution in [3.63, 3.8) is 0 Å². The molecular weight excluding hydrogens is 224 g/mol. The summed E-state index contributed by atoms with van der Waals surface area (Å²) >= 11 is 0. The maximum Gasteiger partial charge on any atom is 0.243 e. The van der Waals surface area contributed by atoms with Crippen molar-refractivity contribution in [1.82, 2.24) is 14.6 Å². The van der Waals surface area contributed by atoms with E-state index in [2.05, 4.69) is 49.2 Å². The van der Waals surface area contributed by atoms with E-state index in [1.54, 1.807) is 0 Å². The molecule has 0 aliphatic rings. The van der Waals surface area contributed by atoms with Gasteiger partial charge in [0.1, 0.15) is 0 Å². The van der Waals surface area contributed by atoms with Crippen LogP contribution in [0.3, 0.4) is 0 Å². The Balaban J connectivity index is 2.19. The molecule has 18 heavy (non-hydrogen) atoms. The van der Waals surface area contributed by atoms with Crippen LogP contribution >= 0.6 is 0 Å². The fourth-order valence-corrected chi connectivity index (χ4v) is 2.42. The molecule has 98 valence electrons. The number of hydrogen-bond donors (Lipinski definition) is 1. The van der Waals surface area contributed by atoms with Gasteiger partial charge < -0.3 is 5.32 Å². The second kappa shape index (κ2) is 5.38. The third-order valence-corrected chi connectivity index (χ3v) is 3.67. The van der Waals surface area contributed by atoms with E-state index in [0.717, 1.165) is 17.2 Å². The second-order valence-electron chi connectivity index (χ2n) is 4.90. The first-order chi connectivity index (χ1) is 8.65. The third-order valence-electron chi connectivity index (χ3n) is 3.67. The van der Waals surface area contributed by atoms with Gasteiger partial charge in [-0.2, -0.15) is 4.98 Å².